The molecule has 0 fully saturated rings. The first-order chi connectivity index (χ1) is 11.0. The van der Waals surface area contributed by atoms with E-state index in [-0.39, 0.29) is 18.0 Å². The topological polar surface area (TPSA) is 63.5 Å². The largest absolute Gasteiger partial charge is 0.338 e. The lowest BCUT2D eigenvalue weighted by molar-refractivity contribution is -0.385. The first kappa shape index (κ1) is 17.0. The predicted molar refractivity (Wildman–Crippen MR) is 89.3 cm³/mol. The fraction of sp³-hybridized carbons (Fsp3) is 0.235. The fourth-order valence-electron chi connectivity index (χ4n) is 2.32. The minimum absolute atomic E-state index is 0.00452. The van der Waals surface area contributed by atoms with Crippen LogP contribution >= 0.6 is 11.6 Å². The van der Waals surface area contributed by atoms with Gasteiger partial charge in [0, 0.05) is 29.7 Å². The summed E-state index contributed by atoms with van der Waals surface area (Å²) in [5.41, 5.74) is 1.24. The summed E-state index contributed by atoms with van der Waals surface area (Å²) in [5, 5.41) is 11.6. The molecule has 120 valence electrons. The third-order valence-electron chi connectivity index (χ3n) is 3.58. The standard InChI is InChI=1S/C17H17ClN2O3/c1-2-19(12-14-8-3-5-9-15(14)18)17(21)11-13-7-4-6-10-16(13)20(22)23/h3-10H,2,11-12H2,1H3. The van der Waals surface area contributed by atoms with Crippen LogP contribution in [-0.2, 0) is 17.8 Å². The van der Waals surface area contributed by atoms with E-state index in [1.165, 1.54) is 6.07 Å². The zero-order chi connectivity index (χ0) is 16.8. The van der Waals surface area contributed by atoms with Crippen molar-refractivity contribution in [1.82, 2.24) is 4.90 Å². The molecule has 0 aliphatic heterocycles. The van der Waals surface area contributed by atoms with Crippen LogP contribution in [0.15, 0.2) is 48.5 Å². The van der Waals surface area contributed by atoms with E-state index in [2.05, 4.69) is 0 Å². The summed E-state index contributed by atoms with van der Waals surface area (Å²) >= 11 is 6.13. The van der Waals surface area contributed by atoms with Gasteiger partial charge in [-0.1, -0.05) is 48.0 Å². The summed E-state index contributed by atoms with van der Waals surface area (Å²) in [6.45, 7) is 2.76. The van der Waals surface area contributed by atoms with Crippen LogP contribution in [-0.4, -0.2) is 22.3 Å². The Morgan fingerprint density at radius 2 is 1.74 bits per heavy atom. The molecule has 0 aliphatic rings. The molecule has 2 rings (SSSR count). The molecule has 6 heteroatoms. The van der Waals surface area contributed by atoms with Gasteiger partial charge in [-0.15, -0.1) is 0 Å². The molecule has 1 amide bonds. The molecule has 0 saturated heterocycles. The van der Waals surface area contributed by atoms with Gasteiger partial charge in [0.2, 0.25) is 5.91 Å². The molecule has 2 aromatic rings. The highest BCUT2D eigenvalue weighted by Gasteiger charge is 2.19. The van der Waals surface area contributed by atoms with Crippen molar-refractivity contribution in [3.05, 3.63) is 74.8 Å². The molecule has 0 radical (unpaired) electrons. The molecule has 5 nitrogen and oxygen atoms in total. The molecule has 0 aliphatic carbocycles. The lowest BCUT2D eigenvalue weighted by atomic mass is 10.1. The van der Waals surface area contributed by atoms with Crippen LogP contribution in [0.25, 0.3) is 0 Å². The van der Waals surface area contributed by atoms with Crippen LogP contribution in [0.2, 0.25) is 5.02 Å². The van der Waals surface area contributed by atoms with Crippen molar-refractivity contribution in [2.75, 3.05) is 6.54 Å². The summed E-state index contributed by atoms with van der Waals surface area (Å²) in [7, 11) is 0. The predicted octanol–water partition coefficient (Wildman–Crippen LogP) is 3.84. The first-order valence-corrected chi connectivity index (χ1v) is 7.64. The van der Waals surface area contributed by atoms with Crippen LogP contribution in [0.4, 0.5) is 5.69 Å². The number of nitro benzene ring substituents is 1. The number of nitrogens with zero attached hydrogens (tertiary/aromatic N) is 2. The Balaban J connectivity index is 2.15. The van der Waals surface area contributed by atoms with Crippen molar-refractivity contribution >= 4 is 23.2 Å². The zero-order valence-corrected chi connectivity index (χ0v) is 13.5. The van der Waals surface area contributed by atoms with Crippen molar-refractivity contribution in [3.8, 4) is 0 Å². The second kappa shape index (κ2) is 7.74. The van der Waals surface area contributed by atoms with Crippen LogP contribution in [0.3, 0.4) is 0 Å². The maximum absolute atomic E-state index is 12.5. The number of hydrogen-bond acceptors (Lipinski definition) is 3. The maximum Gasteiger partial charge on any atom is 0.273 e. The Labute approximate surface area is 139 Å². The molecule has 0 bridgehead atoms. The Morgan fingerprint density at radius 1 is 1.13 bits per heavy atom. The van der Waals surface area contributed by atoms with Crippen LogP contribution in [0.1, 0.15) is 18.1 Å². The number of halogens is 1. The number of carbonyl (C=O) groups is 1. The second-order valence-electron chi connectivity index (χ2n) is 5.06. The highest BCUT2D eigenvalue weighted by atomic mass is 35.5. The Morgan fingerprint density at radius 3 is 2.35 bits per heavy atom. The number of para-hydroxylation sites is 1. The van der Waals surface area contributed by atoms with E-state index in [9.17, 15) is 14.9 Å². The zero-order valence-electron chi connectivity index (χ0n) is 12.7. The summed E-state index contributed by atoms with van der Waals surface area (Å²) in [4.78, 5) is 24.7. The highest BCUT2D eigenvalue weighted by Crippen LogP contribution is 2.21. The smallest absolute Gasteiger partial charge is 0.273 e. The Kier molecular flexibility index (Phi) is 5.71. The third kappa shape index (κ3) is 4.29. The Bertz CT molecular complexity index is 718. The molecule has 23 heavy (non-hydrogen) atoms. The van der Waals surface area contributed by atoms with Gasteiger partial charge < -0.3 is 4.90 Å². The summed E-state index contributed by atoms with van der Waals surface area (Å²) in [6, 6.07) is 13.6. The summed E-state index contributed by atoms with van der Waals surface area (Å²) in [6.07, 6.45) is -0.00452. The number of carbonyl (C=O) groups excluding carboxylic acids is 1. The van der Waals surface area contributed by atoms with E-state index < -0.39 is 4.92 Å². The van der Waals surface area contributed by atoms with E-state index in [1.807, 2.05) is 25.1 Å². The number of likely N-dealkylation sites (N-methyl/N-ethyl adjacent to an activating group) is 1. The lowest BCUT2D eigenvalue weighted by Crippen LogP contribution is -2.31. The molecular formula is C17H17ClN2O3. The quantitative estimate of drug-likeness (QED) is 0.596. The summed E-state index contributed by atoms with van der Waals surface area (Å²) < 4.78 is 0. The maximum atomic E-state index is 12.5. The van der Waals surface area contributed by atoms with Gasteiger partial charge >= 0.3 is 0 Å². The molecule has 0 atom stereocenters. The third-order valence-corrected chi connectivity index (χ3v) is 3.95. The highest BCUT2D eigenvalue weighted by molar-refractivity contribution is 6.31. The second-order valence-corrected chi connectivity index (χ2v) is 5.47. The van der Waals surface area contributed by atoms with Gasteiger partial charge in [-0.05, 0) is 18.6 Å². The number of rotatable bonds is 6. The van der Waals surface area contributed by atoms with Crippen molar-refractivity contribution < 1.29 is 9.72 Å². The molecule has 0 aromatic heterocycles. The molecule has 0 unspecified atom stereocenters. The van der Waals surface area contributed by atoms with Gasteiger partial charge in [0.25, 0.3) is 5.69 Å². The van der Waals surface area contributed by atoms with E-state index in [4.69, 9.17) is 11.6 Å². The van der Waals surface area contributed by atoms with Gasteiger partial charge in [0.1, 0.15) is 0 Å². The average molecular weight is 333 g/mol. The number of benzene rings is 2. The van der Waals surface area contributed by atoms with Crippen molar-refractivity contribution in [1.29, 1.82) is 0 Å². The molecule has 0 spiro atoms. The number of nitro groups is 1. The van der Waals surface area contributed by atoms with Crippen LogP contribution < -0.4 is 0 Å². The van der Waals surface area contributed by atoms with Gasteiger partial charge in [0.05, 0.1) is 11.3 Å². The number of amides is 1. The first-order valence-electron chi connectivity index (χ1n) is 7.26. The van der Waals surface area contributed by atoms with Crippen molar-refractivity contribution in [3.63, 3.8) is 0 Å². The van der Waals surface area contributed by atoms with Gasteiger partial charge in [0.15, 0.2) is 0 Å². The van der Waals surface area contributed by atoms with Gasteiger partial charge in [-0.25, -0.2) is 0 Å². The van der Waals surface area contributed by atoms with E-state index in [0.29, 0.717) is 23.7 Å². The normalized spacial score (nSPS) is 10.3. The van der Waals surface area contributed by atoms with E-state index >= 15 is 0 Å². The number of hydrogen-bond donors (Lipinski definition) is 0. The van der Waals surface area contributed by atoms with Crippen LogP contribution in [0, 0.1) is 10.1 Å². The summed E-state index contributed by atoms with van der Waals surface area (Å²) in [5.74, 6) is -0.165. The van der Waals surface area contributed by atoms with Crippen molar-refractivity contribution in [2.24, 2.45) is 0 Å². The molecule has 0 N–H and O–H groups in total. The van der Waals surface area contributed by atoms with Gasteiger partial charge in [-0.3, -0.25) is 14.9 Å². The van der Waals surface area contributed by atoms with Crippen molar-refractivity contribution in [2.45, 2.75) is 19.9 Å². The molecular weight excluding hydrogens is 316 g/mol. The minimum Gasteiger partial charge on any atom is -0.338 e. The van der Waals surface area contributed by atoms with E-state index in [0.717, 1.165) is 5.56 Å². The monoisotopic (exact) mass is 332 g/mol. The molecule has 2 aromatic carbocycles. The fourth-order valence-corrected chi connectivity index (χ4v) is 2.52. The van der Waals surface area contributed by atoms with Crippen LogP contribution in [0.5, 0.6) is 0 Å². The molecule has 0 heterocycles. The van der Waals surface area contributed by atoms with Gasteiger partial charge in [-0.2, -0.15) is 0 Å². The lowest BCUT2D eigenvalue weighted by Gasteiger charge is -2.21. The minimum atomic E-state index is -0.465. The Hall–Kier alpha value is -2.40. The SMILES string of the molecule is CCN(Cc1ccccc1Cl)C(=O)Cc1ccccc1[N+](=O)[O-]. The average Bonchev–Trinajstić information content (AvgIpc) is 2.54. The van der Waals surface area contributed by atoms with E-state index in [1.54, 1.807) is 29.2 Å². The molecule has 0 saturated carbocycles.